The highest BCUT2D eigenvalue weighted by atomic mass is 32.2. The standard InChI is InChI=1S/C13H21N3O2S/c1-9(2)16-13(4,11(17)18-5)8-19-12-14-6-10(3)7-15-12/h6-7,9,16H,8H2,1-5H3. The first-order chi connectivity index (χ1) is 8.87. The Kier molecular flexibility index (Phi) is 5.75. The molecule has 1 aromatic heterocycles. The third-order valence-electron chi connectivity index (χ3n) is 2.49. The number of esters is 1. The average Bonchev–Trinajstić information content (AvgIpc) is 2.36. The smallest absolute Gasteiger partial charge is 0.326 e. The zero-order valence-corrected chi connectivity index (χ0v) is 12.9. The first-order valence-electron chi connectivity index (χ1n) is 6.15. The molecule has 0 amide bonds. The SMILES string of the molecule is COC(=O)C(C)(CSc1ncc(C)cn1)NC(C)C. The molecule has 1 heterocycles. The van der Waals surface area contributed by atoms with Crippen molar-refractivity contribution in [3.8, 4) is 0 Å². The van der Waals surface area contributed by atoms with E-state index >= 15 is 0 Å². The topological polar surface area (TPSA) is 64.1 Å². The molecule has 0 bridgehead atoms. The maximum Gasteiger partial charge on any atom is 0.326 e. The van der Waals surface area contributed by atoms with Crippen LogP contribution in [-0.2, 0) is 9.53 Å². The Morgan fingerprint density at radius 3 is 2.53 bits per heavy atom. The largest absolute Gasteiger partial charge is 0.468 e. The minimum atomic E-state index is -0.748. The van der Waals surface area contributed by atoms with Crippen molar-refractivity contribution < 1.29 is 9.53 Å². The van der Waals surface area contributed by atoms with Crippen LogP contribution in [0.3, 0.4) is 0 Å². The predicted molar refractivity (Wildman–Crippen MR) is 76.2 cm³/mol. The van der Waals surface area contributed by atoms with Crippen LogP contribution >= 0.6 is 11.8 Å². The number of aromatic nitrogens is 2. The molecular weight excluding hydrogens is 262 g/mol. The van der Waals surface area contributed by atoms with Crippen molar-refractivity contribution in [2.45, 2.75) is 44.4 Å². The number of carbonyl (C=O) groups is 1. The van der Waals surface area contributed by atoms with Crippen molar-refractivity contribution in [3.63, 3.8) is 0 Å². The summed E-state index contributed by atoms with van der Waals surface area (Å²) >= 11 is 1.44. The summed E-state index contributed by atoms with van der Waals surface area (Å²) in [6.45, 7) is 7.76. The number of hydrogen-bond donors (Lipinski definition) is 1. The molecule has 1 rings (SSSR count). The van der Waals surface area contributed by atoms with Crippen LogP contribution in [0.1, 0.15) is 26.3 Å². The molecule has 0 aromatic carbocycles. The second-order valence-corrected chi connectivity index (χ2v) is 5.90. The average molecular weight is 283 g/mol. The van der Waals surface area contributed by atoms with E-state index in [0.717, 1.165) is 5.56 Å². The van der Waals surface area contributed by atoms with Gasteiger partial charge in [0.25, 0.3) is 0 Å². The molecule has 1 N–H and O–H groups in total. The fourth-order valence-corrected chi connectivity index (χ4v) is 2.56. The van der Waals surface area contributed by atoms with Crippen LogP contribution in [0.4, 0.5) is 0 Å². The number of nitrogens with zero attached hydrogens (tertiary/aromatic N) is 2. The summed E-state index contributed by atoms with van der Waals surface area (Å²) in [6.07, 6.45) is 3.53. The fourth-order valence-electron chi connectivity index (χ4n) is 1.69. The van der Waals surface area contributed by atoms with E-state index < -0.39 is 5.54 Å². The van der Waals surface area contributed by atoms with Gasteiger partial charge in [0.2, 0.25) is 0 Å². The van der Waals surface area contributed by atoms with Gasteiger partial charge in [0.15, 0.2) is 5.16 Å². The summed E-state index contributed by atoms with van der Waals surface area (Å²) in [5, 5.41) is 3.90. The number of methoxy groups -OCH3 is 1. The van der Waals surface area contributed by atoms with Crippen molar-refractivity contribution in [2.75, 3.05) is 12.9 Å². The normalized spacial score (nSPS) is 14.2. The number of rotatable bonds is 6. The minimum absolute atomic E-state index is 0.184. The second-order valence-electron chi connectivity index (χ2n) is 4.95. The lowest BCUT2D eigenvalue weighted by atomic mass is 10.0. The molecule has 0 aliphatic heterocycles. The maximum atomic E-state index is 11.9. The molecule has 6 heteroatoms. The Morgan fingerprint density at radius 2 is 2.05 bits per heavy atom. The summed E-state index contributed by atoms with van der Waals surface area (Å²) in [4.78, 5) is 20.3. The van der Waals surface area contributed by atoms with Gasteiger partial charge in [-0.05, 0) is 33.3 Å². The molecule has 106 valence electrons. The van der Waals surface area contributed by atoms with Gasteiger partial charge in [-0.1, -0.05) is 11.8 Å². The van der Waals surface area contributed by atoms with E-state index in [2.05, 4.69) is 15.3 Å². The second kappa shape index (κ2) is 6.86. The summed E-state index contributed by atoms with van der Waals surface area (Å²) in [5.41, 5.74) is 0.266. The van der Waals surface area contributed by atoms with Crippen LogP contribution < -0.4 is 5.32 Å². The van der Waals surface area contributed by atoms with Crippen LogP contribution in [0.2, 0.25) is 0 Å². The predicted octanol–water partition coefficient (Wildman–Crippen LogP) is 1.81. The van der Waals surface area contributed by atoms with Crippen LogP contribution in [-0.4, -0.2) is 40.4 Å². The highest BCUT2D eigenvalue weighted by Gasteiger charge is 2.35. The van der Waals surface area contributed by atoms with E-state index in [4.69, 9.17) is 4.74 Å². The molecule has 5 nitrogen and oxygen atoms in total. The molecule has 19 heavy (non-hydrogen) atoms. The molecule has 0 radical (unpaired) electrons. The van der Waals surface area contributed by atoms with Crippen LogP contribution in [0.5, 0.6) is 0 Å². The fraction of sp³-hybridized carbons (Fsp3) is 0.615. The third-order valence-corrected chi connectivity index (χ3v) is 3.68. The lowest BCUT2D eigenvalue weighted by Crippen LogP contribution is -2.54. The molecule has 0 spiro atoms. The zero-order chi connectivity index (χ0) is 14.5. The number of thioether (sulfide) groups is 1. The van der Waals surface area contributed by atoms with Crippen LogP contribution in [0.15, 0.2) is 17.6 Å². The van der Waals surface area contributed by atoms with Gasteiger partial charge in [-0.2, -0.15) is 0 Å². The molecule has 0 saturated heterocycles. The van der Waals surface area contributed by atoms with E-state index in [1.165, 1.54) is 18.9 Å². The molecule has 0 fully saturated rings. The van der Waals surface area contributed by atoms with Crippen molar-refractivity contribution in [3.05, 3.63) is 18.0 Å². The van der Waals surface area contributed by atoms with E-state index in [1.54, 1.807) is 12.4 Å². The molecule has 1 unspecified atom stereocenters. The van der Waals surface area contributed by atoms with E-state index in [9.17, 15) is 4.79 Å². The van der Waals surface area contributed by atoms with Crippen molar-refractivity contribution in [1.29, 1.82) is 0 Å². The van der Waals surface area contributed by atoms with Gasteiger partial charge in [0, 0.05) is 24.2 Å². The van der Waals surface area contributed by atoms with Crippen molar-refractivity contribution in [1.82, 2.24) is 15.3 Å². The number of nitrogens with one attached hydrogen (secondary N) is 1. The van der Waals surface area contributed by atoms with Gasteiger partial charge in [0.1, 0.15) is 5.54 Å². The Morgan fingerprint density at radius 1 is 1.47 bits per heavy atom. The van der Waals surface area contributed by atoms with Crippen molar-refractivity contribution >= 4 is 17.7 Å². The Bertz CT molecular complexity index is 422. The maximum absolute atomic E-state index is 11.9. The van der Waals surface area contributed by atoms with Crippen LogP contribution in [0, 0.1) is 6.92 Å². The van der Waals surface area contributed by atoms with Gasteiger partial charge in [-0.15, -0.1) is 0 Å². The molecule has 1 aromatic rings. The molecular formula is C13H21N3O2S. The lowest BCUT2D eigenvalue weighted by Gasteiger charge is -2.29. The summed E-state index contributed by atoms with van der Waals surface area (Å²) in [6, 6.07) is 0.184. The minimum Gasteiger partial charge on any atom is -0.468 e. The molecule has 0 aliphatic carbocycles. The van der Waals surface area contributed by atoms with Crippen molar-refractivity contribution in [2.24, 2.45) is 0 Å². The van der Waals surface area contributed by atoms with Gasteiger partial charge in [-0.3, -0.25) is 10.1 Å². The molecule has 1 atom stereocenters. The van der Waals surface area contributed by atoms with Gasteiger partial charge >= 0.3 is 5.97 Å². The Labute approximate surface area is 118 Å². The first-order valence-corrected chi connectivity index (χ1v) is 7.13. The highest BCUT2D eigenvalue weighted by Crippen LogP contribution is 2.21. The Hall–Kier alpha value is -1.14. The summed E-state index contributed by atoms with van der Waals surface area (Å²) < 4.78 is 4.87. The zero-order valence-electron chi connectivity index (χ0n) is 12.1. The molecule has 0 aliphatic rings. The third kappa shape index (κ3) is 4.80. The quantitative estimate of drug-likeness (QED) is 0.488. The first kappa shape index (κ1) is 15.9. The van der Waals surface area contributed by atoms with Gasteiger partial charge in [0.05, 0.1) is 7.11 Å². The monoisotopic (exact) mass is 283 g/mol. The Balaban J connectivity index is 2.72. The van der Waals surface area contributed by atoms with E-state index in [1.807, 2.05) is 27.7 Å². The highest BCUT2D eigenvalue weighted by molar-refractivity contribution is 7.99. The van der Waals surface area contributed by atoms with Gasteiger partial charge in [-0.25, -0.2) is 9.97 Å². The molecule has 0 saturated carbocycles. The van der Waals surface area contributed by atoms with E-state index in [0.29, 0.717) is 10.9 Å². The van der Waals surface area contributed by atoms with Gasteiger partial charge < -0.3 is 4.74 Å². The number of ether oxygens (including phenoxy) is 1. The number of carbonyl (C=O) groups excluding carboxylic acids is 1. The summed E-state index contributed by atoms with van der Waals surface area (Å²) in [7, 11) is 1.40. The number of hydrogen-bond acceptors (Lipinski definition) is 6. The number of aryl methyl sites for hydroxylation is 1. The lowest BCUT2D eigenvalue weighted by molar-refractivity contribution is -0.147. The van der Waals surface area contributed by atoms with Crippen LogP contribution in [0.25, 0.3) is 0 Å². The summed E-state index contributed by atoms with van der Waals surface area (Å²) in [5.74, 6) is 0.238. The van der Waals surface area contributed by atoms with E-state index in [-0.39, 0.29) is 12.0 Å².